The average molecular weight is 282 g/mol. The molecule has 0 fully saturated rings. The summed E-state index contributed by atoms with van der Waals surface area (Å²) in [5.41, 5.74) is -0.526. The smallest absolute Gasteiger partial charge is 0.407 e. The first-order valence-corrected chi connectivity index (χ1v) is 5.84. The van der Waals surface area contributed by atoms with Gasteiger partial charge in [-0.25, -0.2) is 9.18 Å². The molecule has 0 heterocycles. The van der Waals surface area contributed by atoms with Crippen molar-refractivity contribution in [2.45, 2.75) is 32.8 Å². The van der Waals surface area contributed by atoms with Gasteiger partial charge in [0.1, 0.15) is 5.60 Å². The number of amides is 1. The van der Waals surface area contributed by atoms with Crippen LogP contribution in [0.2, 0.25) is 0 Å². The molecule has 0 atom stereocenters. The van der Waals surface area contributed by atoms with E-state index >= 15 is 0 Å². The van der Waals surface area contributed by atoms with Gasteiger partial charge in [0.05, 0.1) is 5.83 Å². The third kappa shape index (κ3) is 9.72. The Bertz CT molecular complexity index is 236. The van der Waals surface area contributed by atoms with E-state index in [0.29, 0.717) is 11.8 Å². The van der Waals surface area contributed by atoms with Gasteiger partial charge in [0.2, 0.25) is 0 Å². The molecule has 0 aliphatic rings. The van der Waals surface area contributed by atoms with Crippen LogP contribution in [0.5, 0.6) is 0 Å². The van der Waals surface area contributed by atoms with Crippen LogP contribution >= 0.6 is 15.9 Å². The Kier molecular flexibility index (Phi) is 6.56. The molecule has 1 amide bonds. The maximum Gasteiger partial charge on any atom is 0.407 e. The van der Waals surface area contributed by atoms with E-state index in [4.69, 9.17) is 4.74 Å². The summed E-state index contributed by atoms with van der Waals surface area (Å²) < 4.78 is 17.8. The maximum absolute atomic E-state index is 12.8. The number of alkyl carbamates (subject to hydrolysis) is 1. The van der Waals surface area contributed by atoms with Gasteiger partial charge in [0.15, 0.2) is 0 Å². The summed E-state index contributed by atoms with van der Waals surface area (Å²) in [5, 5.41) is 3.01. The summed E-state index contributed by atoms with van der Waals surface area (Å²) in [6.07, 6.45) is 1.12. The van der Waals surface area contributed by atoms with Gasteiger partial charge in [-0.15, -0.1) is 0 Å². The van der Waals surface area contributed by atoms with Gasteiger partial charge >= 0.3 is 6.09 Å². The average Bonchev–Trinajstić information content (AvgIpc) is 2.00. The zero-order chi connectivity index (χ0) is 11.9. The number of nitrogens with one attached hydrogen (secondary N) is 1. The normalized spacial score (nSPS) is 12.5. The first-order valence-electron chi connectivity index (χ1n) is 4.72. The number of carbonyl (C=O) groups is 1. The SMILES string of the molecule is CC(C)(C)OC(=O)NCC=C(F)CCBr. The summed E-state index contributed by atoms with van der Waals surface area (Å²) in [4.78, 5) is 11.1. The lowest BCUT2D eigenvalue weighted by molar-refractivity contribution is 0.0534. The van der Waals surface area contributed by atoms with Crippen molar-refractivity contribution in [3.63, 3.8) is 0 Å². The lowest BCUT2D eigenvalue weighted by Gasteiger charge is -2.19. The molecular formula is C10H17BrFNO2. The van der Waals surface area contributed by atoms with Crippen molar-refractivity contribution >= 4 is 22.0 Å². The van der Waals surface area contributed by atoms with E-state index in [2.05, 4.69) is 21.2 Å². The minimum absolute atomic E-state index is 0.147. The predicted octanol–water partition coefficient (Wildman–Crippen LogP) is 3.15. The van der Waals surface area contributed by atoms with Gasteiger partial charge in [0.25, 0.3) is 0 Å². The Hall–Kier alpha value is -0.580. The lowest BCUT2D eigenvalue weighted by atomic mass is 10.2. The molecule has 5 heteroatoms. The fraction of sp³-hybridized carbons (Fsp3) is 0.700. The highest BCUT2D eigenvalue weighted by atomic mass is 79.9. The zero-order valence-corrected chi connectivity index (χ0v) is 10.9. The fourth-order valence-corrected chi connectivity index (χ4v) is 1.13. The van der Waals surface area contributed by atoms with Crippen LogP contribution in [-0.4, -0.2) is 23.6 Å². The fourth-order valence-electron chi connectivity index (χ4n) is 0.752. The number of allylic oxidation sites excluding steroid dienone is 1. The molecule has 0 aliphatic carbocycles. The highest BCUT2D eigenvalue weighted by Crippen LogP contribution is 2.07. The Morgan fingerprint density at radius 1 is 1.53 bits per heavy atom. The first-order chi connectivity index (χ1) is 6.85. The van der Waals surface area contributed by atoms with E-state index in [0.717, 1.165) is 0 Å². The number of hydrogen-bond donors (Lipinski definition) is 1. The molecule has 0 aliphatic heterocycles. The maximum atomic E-state index is 12.8. The number of alkyl halides is 1. The highest BCUT2D eigenvalue weighted by molar-refractivity contribution is 9.09. The van der Waals surface area contributed by atoms with Crippen LogP contribution in [0.1, 0.15) is 27.2 Å². The Labute approximate surface area is 98.2 Å². The quantitative estimate of drug-likeness (QED) is 0.804. The minimum Gasteiger partial charge on any atom is -0.444 e. The van der Waals surface area contributed by atoms with Crippen LogP contribution in [-0.2, 0) is 4.74 Å². The Morgan fingerprint density at radius 2 is 2.13 bits per heavy atom. The second-order valence-corrected chi connectivity index (χ2v) is 4.77. The second-order valence-electron chi connectivity index (χ2n) is 3.97. The molecule has 0 aromatic heterocycles. The Balaban J connectivity index is 3.77. The third-order valence-corrected chi connectivity index (χ3v) is 1.70. The lowest BCUT2D eigenvalue weighted by Crippen LogP contribution is -2.32. The number of carbonyl (C=O) groups excluding carboxylic acids is 1. The molecule has 0 saturated carbocycles. The van der Waals surface area contributed by atoms with Crippen molar-refractivity contribution < 1.29 is 13.9 Å². The molecule has 0 bridgehead atoms. The van der Waals surface area contributed by atoms with Crippen LogP contribution in [0.25, 0.3) is 0 Å². The molecule has 0 aromatic carbocycles. The molecule has 0 radical (unpaired) electrons. The number of halogens is 2. The highest BCUT2D eigenvalue weighted by Gasteiger charge is 2.15. The van der Waals surface area contributed by atoms with Crippen molar-refractivity contribution in [1.82, 2.24) is 5.32 Å². The first kappa shape index (κ1) is 14.4. The molecule has 0 spiro atoms. The van der Waals surface area contributed by atoms with E-state index < -0.39 is 11.7 Å². The Morgan fingerprint density at radius 3 is 2.60 bits per heavy atom. The third-order valence-electron chi connectivity index (χ3n) is 1.30. The van der Waals surface area contributed by atoms with Gasteiger partial charge in [-0.05, 0) is 26.8 Å². The summed E-state index contributed by atoms with van der Waals surface area (Å²) in [6.45, 7) is 5.46. The van der Waals surface area contributed by atoms with Gasteiger partial charge in [0, 0.05) is 18.3 Å². The van der Waals surface area contributed by atoms with Crippen LogP contribution in [0, 0.1) is 0 Å². The number of ether oxygens (including phenoxy) is 1. The van der Waals surface area contributed by atoms with Gasteiger partial charge in [-0.1, -0.05) is 15.9 Å². The zero-order valence-electron chi connectivity index (χ0n) is 9.27. The van der Waals surface area contributed by atoms with E-state index in [1.54, 1.807) is 20.8 Å². The molecule has 0 rings (SSSR count). The summed E-state index contributed by atoms with van der Waals surface area (Å²) in [7, 11) is 0. The number of hydrogen-bond acceptors (Lipinski definition) is 2. The second kappa shape index (κ2) is 6.82. The molecule has 88 valence electrons. The van der Waals surface area contributed by atoms with E-state index in [-0.39, 0.29) is 12.4 Å². The van der Waals surface area contributed by atoms with Gasteiger partial charge in [-0.2, -0.15) is 0 Å². The van der Waals surface area contributed by atoms with Crippen molar-refractivity contribution in [1.29, 1.82) is 0 Å². The summed E-state index contributed by atoms with van der Waals surface area (Å²) >= 11 is 3.12. The molecule has 0 unspecified atom stereocenters. The van der Waals surface area contributed by atoms with Crippen LogP contribution in [0.3, 0.4) is 0 Å². The van der Waals surface area contributed by atoms with E-state index in [9.17, 15) is 9.18 Å². The molecular weight excluding hydrogens is 265 g/mol. The van der Waals surface area contributed by atoms with Crippen molar-refractivity contribution in [3.05, 3.63) is 11.9 Å². The van der Waals surface area contributed by atoms with Gasteiger partial charge < -0.3 is 10.1 Å². The van der Waals surface area contributed by atoms with E-state index in [1.165, 1.54) is 6.08 Å². The minimum atomic E-state index is -0.537. The van der Waals surface area contributed by atoms with Crippen LogP contribution in [0.4, 0.5) is 9.18 Å². The predicted molar refractivity (Wildman–Crippen MR) is 61.8 cm³/mol. The molecule has 0 saturated heterocycles. The monoisotopic (exact) mass is 281 g/mol. The molecule has 15 heavy (non-hydrogen) atoms. The molecule has 3 nitrogen and oxygen atoms in total. The van der Waals surface area contributed by atoms with Crippen molar-refractivity contribution in [3.8, 4) is 0 Å². The standard InChI is InChI=1S/C10H17BrFNO2/c1-10(2,3)15-9(14)13-7-5-8(12)4-6-11/h5H,4,6-7H2,1-3H3,(H,13,14). The largest absolute Gasteiger partial charge is 0.444 e. The summed E-state index contributed by atoms with van der Waals surface area (Å²) in [6, 6.07) is 0. The molecule has 0 aromatic rings. The van der Waals surface area contributed by atoms with Crippen LogP contribution in [0.15, 0.2) is 11.9 Å². The van der Waals surface area contributed by atoms with Crippen molar-refractivity contribution in [2.75, 3.05) is 11.9 Å². The molecule has 1 N–H and O–H groups in total. The van der Waals surface area contributed by atoms with Crippen LogP contribution < -0.4 is 5.32 Å². The van der Waals surface area contributed by atoms with Gasteiger partial charge in [-0.3, -0.25) is 0 Å². The number of rotatable bonds is 4. The summed E-state index contributed by atoms with van der Waals surface area (Å²) in [5.74, 6) is -0.247. The topological polar surface area (TPSA) is 38.3 Å². The van der Waals surface area contributed by atoms with E-state index in [1.807, 2.05) is 0 Å². The van der Waals surface area contributed by atoms with Crippen molar-refractivity contribution in [2.24, 2.45) is 0 Å².